The Bertz CT molecular complexity index is 1450. The minimum Gasteiger partial charge on any atom is -0.345 e. The molecule has 0 aliphatic rings. The standard InChI is InChI=1S/C24H18F3N5O3/c25-24(26,27)17-11-9-16(10-12-17)15-31-22(34)20(21(33)29-14-18-6-4-5-13-28-18)30-32(23(31)35)19-7-2-1-3-8-19/h1-13H,14-15H2,(H,29,33). The maximum absolute atomic E-state index is 13.1. The van der Waals surface area contributed by atoms with Crippen molar-refractivity contribution in [2.24, 2.45) is 0 Å². The molecule has 0 fully saturated rings. The Hall–Kier alpha value is -4.54. The van der Waals surface area contributed by atoms with Gasteiger partial charge in [0, 0.05) is 6.20 Å². The van der Waals surface area contributed by atoms with E-state index in [9.17, 15) is 27.6 Å². The van der Waals surface area contributed by atoms with Gasteiger partial charge in [-0.25, -0.2) is 4.79 Å². The number of benzene rings is 2. The molecule has 2 aromatic heterocycles. The number of pyridine rings is 1. The van der Waals surface area contributed by atoms with Crippen LogP contribution in [0.3, 0.4) is 0 Å². The number of rotatable bonds is 6. The Morgan fingerprint density at radius 1 is 0.914 bits per heavy atom. The Kier molecular flexibility index (Phi) is 6.58. The van der Waals surface area contributed by atoms with Crippen LogP contribution in [0.25, 0.3) is 5.69 Å². The zero-order valence-corrected chi connectivity index (χ0v) is 18.1. The number of para-hydroxylation sites is 1. The largest absolute Gasteiger partial charge is 0.416 e. The van der Waals surface area contributed by atoms with Gasteiger partial charge in [0.1, 0.15) is 0 Å². The van der Waals surface area contributed by atoms with Gasteiger partial charge < -0.3 is 5.32 Å². The quantitative estimate of drug-likeness (QED) is 0.457. The minimum absolute atomic E-state index is 0.0180. The molecule has 178 valence electrons. The number of hydrogen-bond donors (Lipinski definition) is 1. The zero-order chi connectivity index (χ0) is 25.0. The molecule has 0 radical (unpaired) electrons. The molecule has 0 atom stereocenters. The molecular formula is C24H18F3N5O3. The van der Waals surface area contributed by atoms with E-state index in [-0.39, 0.29) is 18.7 Å². The average Bonchev–Trinajstić information content (AvgIpc) is 2.86. The van der Waals surface area contributed by atoms with Crippen LogP contribution in [-0.2, 0) is 19.3 Å². The van der Waals surface area contributed by atoms with Crippen LogP contribution >= 0.6 is 0 Å². The number of carbonyl (C=O) groups is 1. The van der Waals surface area contributed by atoms with Crippen molar-refractivity contribution < 1.29 is 18.0 Å². The summed E-state index contributed by atoms with van der Waals surface area (Å²) in [7, 11) is 0. The maximum atomic E-state index is 13.1. The second-order valence-electron chi connectivity index (χ2n) is 7.47. The number of amides is 1. The van der Waals surface area contributed by atoms with Crippen molar-refractivity contribution in [3.63, 3.8) is 0 Å². The molecule has 11 heteroatoms. The highest BCUT2D eigenvalue weighted by atomic mass is 19.4. The third-order valence-electron chi connectivity index (χ3n) is 5.05. The van der Waals surface area contributed by atoms with Gasteiger partial charge in [-0.15, -0.1) is 0 Å². The second-order valence-corrected chi connectivity index (χ2v) is 7.47. The average molecular weight is 481 g/mol. The van der Waals surface area contributed by atoms with E-state index >= 15 is 0 Å². The minimum atomic E-state index is -4.52. The number of hydrogen-bond acceptors (Lipinski definition) is 5. The van der Waals surface area contributed by atoms with Gasteiger partial charge in [0.15, 0.2) is 0 Å². The molecule has 1 N–H and O–H groups in total. The molecule has 0 spiro atoms. The molecule has 0 saturated carbocycles. The highest BCUT2D eigenvalue weighted by Gasteiger charge is 2.30. The third kappa shape index (κ3) is 5.35. The molecular weight excluding hydrogens is 463 g/mol. The molecule has 0 aliphatic carbocycles. The van der Waals surface area contributed by atoms with Crippen molar-refractivity contribution in [1.82, 2.24) is 24.6 Å². The number of aromatic nitrogens is 4. The van der Waals surface area contributed by atoms with E-state index in [0.29, 0.717) is 11.4 Å². The van der Waals surface area contributed by atoms with Crippen molar-refractivity contribution in [1.29, 1.82) is 0 Å². The van der Waals surface area contributed by atoms with Crippen molar-refractivity contribution in [2.75, 3.05) is 0 Å². The first-order valence-electron chi connectivity index (χ1n) is 10.4. The van der Waals surface area contributed by atoms with Crippen molar-refractivity contribution in [3.8, 4) is 5.69 Å². The molecule has 0 unspecified atom stereocenters. The van der Waals surface area contributed by atoms with E-state index in [1.807, 2.05) is 0 Å². The highest BCUT2D eigenvalue weighted by Crippen LogP contribution is 2.29. The van der Waals surface area contributed by atoms with Gasteiger partial charge >= 0.3 is 11.9 Å². The fourth-order valence-corrected chi connectivity index (χ4v) is 3.27. The Labute approximate surface area is 196 Å². The summed E-state index contributed by atoms with van der Waals surface area (Å²) in [6, 6.07) is 17.3. The summed E-state index contributed by atoms with van der Waals surface area (Å²) in [5.74, 6) is -0.827. The molecule has 0 bridgehead atoms. The van der Waals surface area contributed by atoms with Gasteiger partial charge in [0.05, 0.1) is 30.0 Å². The number of nitrogens with one attached hydrogen (secondary N) is 1. The van der Waals surface area contributed by atoms with Gasteiger partial charge in [-0.1, -0.05) is 36.4 Å². The van der Waals surface area contributed by atoms with Crippen LogP contribution in [-0.4, -0.2) is 25.2 Å². The van der Waals surface area contributed by atoms with Crippen molar-refractivity contribution in [3.05, 3.63) is 122 Å². The number of nitrogens with zero attached hydrogens (tertiary/aromatic N) is 4. The maximum Gasteiger partial charge on any atom is 0.416 e. The molecule has 4 rings (SSSR count). The summed E-state index contributed by atoms with van der Waals surface area (Å²) in [6.07, 6.45) is -2.97. The Morgan fingerprint density at radius 3 is 2.23 bits per heavy atom. The van der Waals surface area contributed by atoms with E-state index in [1.54, 1.807) is 54.7 Å². The highest BCUT2D eigenvalue weighted by molar-refractivity contribution is 5.91. The smallest absolute Gasteiger partial charge is 0.345 e. The molecule has 0 saturated heterocycles. The van der Waals surface area contributed by atoms with Gasteiger partial charge in [-0.05, 0) is 42.0 Å². The van der Waals surface area contributed by atoms with E-state index in [0.717, 1.165) is 21.4 Å². The zero-order valence-electron chi connectivity index (χ0n) is 18.1. The summed E-state index contributed by atoms with van der Waals surface area (Å²) in [4.78, 5) is 43.1. The molecule has 1 amide bonds. The first kappa shape index (κ1) is 23.6. The topological polar surface area (TPSA) is 98.9 Å². The van der Waals surface area contributed by atoms with Crippen molar-refractivity contribution in [2.45, 2.75) is 19.3 Å². The van der Waals surface area contributed by atoms with E-state index in [4.69, 9.17) is 0 Å². The first-order chi connectivity index (χ1) is 16.7. The van der Waals surface area contributed by atoms with Gasteiger partial charge in [-0.3, -0.25) is 19.1 Å². The molecule has 8 nitrogen and oxygen atoms in total. The van der Waals surface area contributed by atoms with E-state index < -0.39 is 34.6 Å². The summed E-state index contributed by atoms with van der Waals surface area (Å²) in [6.45, 7) is -0.337. The predicted octanol–water partition coefficient (Wildman–Crippen LogP) is 2.79. The molecule has 4 aromatic rings. The predicted molar refractivity (Wildman–Crippen MR) is 120 cm³/mol. The van der Waals surface area contributed by atoms with E-state index in [2.05, 4.69) is 15.4 Å². The fourth-order valence-electron chi connectivity index (χ4n) is 3.27. The number of halogens is 3. The summed E-state index contributed by atoms with van der Waals surface area (Å²) in [5.41, 5.74) is -2.11. The number of carbonyl (C=O) groups excluding carboxylic acids is 1. The van der Waals surface area contributed by atoms with Crippen LogP contribution in [0.2, 0.25) is 0 Å². The summed E-state index contributed by atoms with van der Waals surface area (Å²) >= 11 is 0. The van der Waals surface area contributed by atoms with Crippen LogP contribution in [0, 0.1) is 0 Å². The van der Waals surface area contributed by atoms with Gasteiger partial charge in [0.2, 0.25) is 5.69 Å². The van der Waals surface area contributed by atoms with Crippen LogP contribution in [0.1, 0.15) is 27.3 Å². The summed E-state index contributed by atoms with van der Waals surface area (Å²) in [5, 5.41) is 6.54. The van der Waals surface area contributed by atoms with Crippen LogP contribution in [0.5, 0.6) is 0 Å². The van der Waals surface area contributed by atoms with Gasteiger partial charge in [-0.2, -0.15) is 23.0 Å². The van der Waals surface area contributed by atoms with Crippen LogP contribution in [0.4, 0.5) is 13.2 Å². The normalized spacial score (nSPS) is 11.3. The molecule has 2 heterocycles. The second kappa shape index (κ2) is 9.75. The fraction of sp³-hybridized carbons (Fsp3) is 0.125. The summed E-state index contributed by atoms with van der Waals surface area (Å²) < 4.78 is 40.3. The van der Waals surface area contributed by atoms with Crippen LogP contribution in [0.15, 0.2) is 88.6 Å². The molecule has 35 heavy (non-hydrogen) atoms. The Balaban J connectivity index is 1.74. The van der Waals surface area contributed by atoms with Gasteiger partial charge in [0.25, 0.3) is 11.5 Å². The molecule has 2 aromatic carbocycles. The van der Waals surface area contributed by atoms with Crippen LogP contribution < -0.4 is 16.6 Å². The lowest BCUT2D eigenvalue weighted by molar-refractivity contribution is -0.137. The lowest BCUT2D eigenvalue weighted by atomic mass is 10.1. The third-order valence-corrected chi connectivity index (χ3v) is 5.05. The monoisotopic (exact) mass is 481 g/mol. The SMILES string of the molecule is O=C(NCc1ccccn1)c1nn(-c2ccccc2)c(=O)n(Cc2ccc(C(F)(F)F)cc2)c1=O. The first-order valence-corrected chi connectivity index (χ1v) is 10.4. The number of alkyl halides is 3. The molecule has 0 aliphatic heterocycles. The van der Waals surface area contributed by atoms with E-state index in [1.165, 1.54) is 12.1 Å². The Morgan fingerprint density at radius 2 is 1.60 bits per heavy atom. The lowest BCUT2D eigenvalue weighted by Crippen LogP contribution is -2.46. The van der Waals surface area contributed by atoms with Crippen molar-refractivity contribution >= 4 is 5.91 Å². The lowest BCUT2D eigenvalue weighted by Gasteiger charge is -2.13.